The normalized spacial score (nSPS) is 11.7. The van der Waals surface area contributed by atoms with E-state index >= 15 is 0 Å². The van der Waals surface area contributed by atoms with Crippen LogP contribution in [0.5, 0.6) is 0 Å². The summed E-state index contributed by atoms with van der Waals surface area (Å²) in [6.45, 7) is 2.19. The van der Waals surface area contributed by atoms with E-state index in [1.807, 2.05) is 0 Å². The zero-order valence-electron chi connectivity index (χ0n) is 18.6. The molecule has 0 aliphatic heterocycles. The zero-order valence-corrected chi connectivity index (χ0v) is 19.5. The predicted molar refractivity (Wildman–Crippen MR) is 114 cm³/mol. The highest BCUT2D eigenvalue weighted by molar-refractivity contribution is 7.96. The average molecular weight is 456 g/mol. The van der Waals surface area contributed by atoms with E-state index in [1.165, 1.54) is 89.9 Å². The van der Waals surface area contributed by atoms with Crippen molar-refractivity contribution >= 4 is 18.0 Å². The van der Waals surface area contributed by atoms with Crippen LogP contribution in [0.25, 0.3) is 0 Å². The standard InChI is InChI=1S/C22H42F2O5S/c1-2-3-4-5-6-7-8-9-10-11-12-13-14-15-16-17-18-19-20-27-21(25)22(23,24)30-29-28-26/h26H,2-20H2,1H3/p-1. The van der Waals surface area contributed by atoms with Gasteiger partial charge in [0, 0.05) is 0 Å². The summed E-state index contributed by atoms with van der Waals surface area (Å²) in [6.07, 6.45) is 22.3. The summed E-state index contributed by atoms with van der Waals surface area (Å²) in [7, 11) is 0. The molecule has 0 bridgehead atoms. The Morgan fingerprint density at radius 3 is 1.47 bits per heavy atom. The molecular weight excluding hydrogens is 414 g/mol. The Bertz CT molecular complexity index is 387. The number of unbranched alkanes of at least 4 members (excludes halogenated alkanes) is 17. The molecule has 0 aliphatic carbocycles. The minimum Gasteiger partial charge on any atom is -0.691 e. The molecule has 0 spiro atoms. The van der Waals surface area contributed by atoms with Crippen LogP contribution >= 0.6 is 12.0 Å². The molecule has 0 aromatic carbocycles. The maximum atomic E-state index is 13.1. The third-order valence-electron chi connectivity index (χ3n) is 5.14. The van der Waals surface area contributed by atoms with Crippen LogP contribution in [0.4, 0.5) is 8.78 Å². The Kier molecular flexibility index (Phi) is 21.5. The van der Waals surface area contributed by atoms with Gasteiger partial charge in [-0.15, -0.1) is 0 Å². The predicted octanol–water partition coefficient (Wildman–Crippen LogP) is 7.04. The third-order valence-corrected chi connectivity index (χ3v) is 5.63. The first-order valence-corrected chi connectivity index (χ1v) is 12.5. The molecule has 0 atom stereocenters. The highest BCUT2D eigenvalue weighted by atomic mass is 32.2. The number of ether oxygens (including phenoxy) is 1. The van der Waals surface area contributed by atoms with Crippen molar-refractivity contribution in [2.45, 2.75) is 128 Å². The molecule has 0 heterocycles. The fraction of sp³-hybridized carbons (Fsp3) is 0.955. The van der Waals surface area contributed by atoms with Gasteiger partial charge in [0.25, 0.3) is 0 Å². The first-order chi connectivity index (χ1) is 14.5. The molecule has 0 fully saturated rings. The minimum atomic E-state index is -3.95. The smallest absolute Gasteiger partial charge is 0.415 e. The quantitative estimate of drug-likeness (QED) is 0.0541. The van der Waals surface area contributed by atoms with E-state index in [-0.39, 0.29) is 6.61 Å². The summed E-state index contributed by atoms with van der Waals surface area (Å²) in [5.41, 5.74) is 0. The lowest BCUT2D eigenvalue weighted by molar-refractivity contribution is -0.777. The molecule has 0 amide bonds. The summed E-state index contributed by atoms with van der Waals surface area (Å²) in [5.74, 6) is -1.73. The van der Waals surface area contributed by atoms with E-state index in [0.29, 0.717) is 6.42 Å². The molecular formula is C22H41F2O5S-. The molecule has 5 nitrogen and oxygen atoms in total. The SMILES string of the molecule is CCCCCCCCCCCCCCCCCCCCOC(=O)C(F)(F)SOO[O-]. The summed E-state index contributed by atoms with van der Waals surface area (Å²) >= 11 is -0.665. The van der Waals surface area contributed by atoms with Crippen LogP contribution in [0, 0.1) is 0 Å². The van der Waals surface area contributed by atoms with Crippen LogP contribution in [0.3, 0.4) is 0 Å². The van der Waals surface area contributed by atoms with Gasteiger partial charge in [-0.25, -0.2) is 4.79 Å². The maximum absolute atomic E-state index is 13.1. The summed E-state index contributed by atoms with van der Waals surface area (Å²) in [5, 5.41) is 8.36. The minimum absolute atomic E-state index is 0.0635. The van der Waals surface area contributed by atoms with Gasteiger partial charge < -0.3 is 9.99 Å². The number of hydrogen-bond acceptors (Lipinski definition) is 6. The first kappa shape index (κ1) is 29.6. The molecule has 0 saturated heterocycles. The Labute approximate surface area is 185 Å². The molecule has 8 heteroatoms. The Hall–Kier alpha value is -0.440. The van der Waals surface area contributed by atoms with Gasteiger partial charge in [-0.05, 0) is 6.42 Å². The van der Waals surface area contributed by atoms with Crippen LogP contribution in [-0.2, 0) is 18.9 Å². The van der Waals surface area contributed by atoms with Crippen molar-refractivity contribution in [3.05, 3.63) is 0 Å². The highest BCUT2D eigenvalue weighted by Gasteiger charge is 2.43. The second kappa shape index (κ2) is 21.8. The van der Waals surface area contributed by atoms with Gasteiger partial charge in [0.15, 0.2) is 0 Å². The fourth-order valence-corrected chi connectivity index (χ4v) is 3.58. The summed E-state index contributed by atoms with van der Waals surface area (Å²) in [4.78, 5) is 11.1. The van der Waals surface area contributed by atoms with Gasteiger partial charge in [0.1, 0.15) is 12.0 Å². The van der Waals surface area contributed by atoms with E-state index in [2.05, 4.69) is 21.0 Å². The van der Waals surface area contributed by atoms with Gasteiger partial charge in [0.05, 0.1) is 6.61 Å². The number of rotatable bonds is 23. The van der Waals surface area contributed by atoms with Crippen LogP contribution in [0.15, 0.2) is 0 Å². The van der Waals surface area contributed by atoms with Crippen LogP contribution in [0.2, 0.25) is 0 Å². The van der Waals surface area contributed by atoms with Gasteiger partial charge >= 0.3 is 11.2 Å². The zero-order chi connectivity index (χ0) is 22.3. The molecule has 0 aromatic rings. The second-order valence-corrected chi connectivity index (χ2v) is 8.70. The van der Waals surface area contributed by atoms with Crippen molar-refractivity contribution in [2.75, 3.05) is 6.61 Å². The Morgan fingerprint density at radius 2 is 1.10 bits per heavy atom. The summed E-state index contributed by atoms with van der Waals surface area (Å²) in [6, 6.07) is 0. The highest BCUT2D eigenvalue weighted by Crippen LogP contribution is 2.31. The van der Waals surface area contributed by atoms with Gasteiger partial charge in [0.2, 0.25) is 0 Å². The number of alkyl halides is 2. The summed E-state index contributed by atoms with van der Waals surface area (Å²) < 4.78 is 34.1. The Balaban J connectivity index is 3.24. The molecule has 0 rings (SSSR count). The molecule has 0 aromatic heterocycles. The van der Waals surface area contributed by atoms with Crippen molar-refractivity contribution in [1.82, 2.24) is 0 Å². The number of carbonyl (C=O) groups is 1. The largest absolute Gasteiger partial charge is 0.691 e. The van der Waals surface area contributed by atoms with Crippen molar-refractivity contribution in [2.24, 2.45) is 0 Å². The monoisotopic (exact) mass is 455 g/mol. The molecule has 0 radical (unpaired) electrons. The van der Waals surface area contributed by atoms with Crippen molar-refractivity contribution in [3.63, 3.8) is 0 Å². The number of halogens is 2. The van der Waals surface area contributed by atoms with Crippen molar-refractivity contribution < 1.29 is 32.9 Å². The van der Waals surface area contributed by atoms with E-state index in [1.54, 1.807) is 0 Å². The topological polar surface area (TPSA) is 67.8 Å². The maximum Gasteiger partial charge on any atom is 0.415 e. The molecule has 180 valence electrons. The van der Waals surface area contributed by atoms with Gasteiger partial charge in [-0.1, -0.05) is 116 Å². The lowest BCUT2D eigenvalue weighted by Crippen LogP contribution is -2.28. The van der Waals surface area contributed by atoms with E-state index < -0.39 is 23.3 Å². The molecule has 0 N–H and O–H groups in total. The molecule has 0 aliphatic rings. The molecule has 0 unspecified atom stereocenters. The van der Waals surface area contributed by atoms with Crippen LogP contribution in [-0.4, -0.2) is 17.8 Å². The number of hydrogen-bond donors (Lipinski definition) is 0. The lowest BCUT2D eigenvalue weighted by atomic mass is 10.0. The van der Waals surface area contributed by atoms with Crippen molar-refractivity contribution in [1.29, 1.82) is 0 Å². The molecule has 0 saturated carbocycles. The van der Waals surface area contributed by atoms with E-state index in [0.717, 1.165) is 19.3 Å². The first-order valence-electron chi connectivity index (χ1n) is 11.7. The third kappa shape index (κ3) is 19.5. The Morgan fingerprint density at radius 1 is 0.733 bits per heavy atom. The van der Waals surface area contributed by atoms with Crippen LogP contribution < -0.4 is 5.26 Å². The molecule has 30 heavy (non-hydrogen) atoms. The lowest BCUT2D eigenvalue weighted by Gasteiger charge is -2.13. The van der Waals surface area contributed by atoms with E-state index in [9.17, 15) is 18.8 Å². The van der Waals surface area contributed by atoms with Crippen molar-refractivity contribution in [3.8, 4) is 0 Å². The van der Waals surface area contributed by atoms with Gasteiger partial charge in [-0.3, -0.25) is 5.04 Å². The number of esters is 1. The van der Waals surface area contributed by atoms with Gasteiger partial charge in [-0.2, -0.15) is 13.1 Å². The van der Waals surface area contributed by atoms with E-state index in [4.69, 9.17) is 0 Å². The average Bonchev–Trinajstić information content (AvgIpc) is 2.73. The fourth-order valence-electron chi connectivity index (χ4n) is 3.34. The number of carbonyl (C=O) groups excluding carboxylic acids is 1. The van der Waals surface area contributed by atoms with Crippen LogP contribution in [0.1, 0.15) is 122 Å². The second-order valence-electron chi connectivity index (χ2n) is 7.88.